The fraction of sp³-hybridized carbons (Fsp3) is 0.0833. The van der Waals surface area contributed by atoms with Gasteiger partial charge in [-0.3, -0.25) is 0 Å². The van der Waals surface area contributed by atoms with Crippen LogP contribution in [0.1, 0.15) is 5.56 Å². The molecule has 0 bridgehead atoms. The minimum absolute atomic E-state index is 0.516. The van der Waals surface area contributed by atoms with E-state index in [0.717, 1.165) is 17.1 Å². The van der Waals surface area contributed by atoms with E-state index in [1.165, 1.54) is 0 Å². The molecule has 0 saturated carbocycles. The van der Waals surface area contributed by atoms with Crippen molar-refractivity contribution < 1.29 is 0 Å². The highest BCUT2D eigenvalue weighted by Gasteiger charge is 1.95. The third-order valence-corrected chi connectivity index (χ3v) is 2.22. The fourth-order valence-corrected chi connectivity index (χ4v) is 1.38. The maximum Gasteiger partial charge on any atom is 0.128 e. The first-order valence-corrected chi connectivity index (χ1v) is 5.05. The highest BCUT2D eigenvalue weighted by Crippen LogP contribution is 2.09. The van der Waals surface area contributed by atoms with Gasteiger partial charge in [-0.25, -0.2) is 4.98 Å². The second-order valence-electron chi connectivity index (χ2n) is 3.54. The molecule has 16 heavy (non-hydrogen) atoms. The molecule has 0 saturated heterocycles. The van der Waals surface area contributed by atoms with Crippen molar-refractivity contribution in [1.29, 1.82) is 0 Å². The van der Waals surface area contributed by atoms with Crippen molar-refractivity contribution in [1.82, 2.24) is 4.98 Å². The van der Waals surface area contributed by atoms with E-state index in [0.29, 0.717) is 12.4 Å². The van der Waals surface area contributed by atoms with Gasteiger partial charge in [-0.1, -0.05) is 18.2 Å². The van der Waals surface area contributed by atoms with Crippen LogP contribution in [-0.2, 0) is 6.54 Å². The molecule has 4 heteroatoms. The Kier molecular flexibility index (Phi) is 2.91. The van der Waals surface area contributed by atoms with Gasteiger partial charge in [0, 0.05) is 12.2 Å². The van der Waals surface area contributed by atoms with Crippen molar-refractivity contribution in [2.75, 3.05) is 16.8 Å². The smallest absolute Gasteiger partial charge is 0.128 e. The largest absolute Gasteiger partial charge is 0.399 e. The van der Waals surface area contributed by atoms with Gasteiger partial charge in [-0.05, 0) is 29.8 Å². The number of rotatable bonds is 3. The second kappa shape index (κ2) is 4.53. The van der Waals surface area contributed by atoms with E-state index in [1.807, 2.05) is 36.4 Å². The number of nitrogens with two attached hydrogens (primary N) is 2. The average molecular weight is 214 g/mol. The van der Waals surface area contributed by atoms with Gasteiger partial charge in [0.1, 0.15) is 11.6 Å². The van der Waals surface area contributed by atoms with Crippen molar-refractivity contribution in [2.45, 2.75) is 6.54 Å². The lowest BCUT2D eigenvalue weighted by molar-refractivity contribution is 1.11. The summed E-state index contributed by atoms with van der Waals surface area (Å²) in [4.78, 5) is 4.15. The Labute approximate surface area is 94.3 Å². The molecule has 0 aliphatic carbocycles. The molecule has 0 amide bonds. The predicted octanol–water partition coefficient (Wildman–Crippen LogP) is 1.86. The molecule has 0 aliphatic rings. The molecular weight excluding hydrogens is 200 g/mol. The molecule has 0 atom stereocenters. The number of aromatic nitrogens is 1. The SMILES string of the molecule is Nc1ccc(CNc2cccc(N)n2)cc1. The molecular formula is C12H14N4. The maximum absolute atomic E-state index is 5.60. The normalized spacial score (nSPS) is 10.0. The quantitative estimate of drug-likeness (QED) is 0.681. The summed E-state index contributed by atoms with van der Waals surface area (Å²) in [5.41, 5.74) is 13.1. The van der Waals surface area contributed by atoms with E-state index < -0.39 is 0 Å². The summed E-state index contributed by atoms with van der Waals surface area (Å²) in [7, 11) is 0. The second-order valence-corrected chi connectivity index (χ2v) is 3.54. The van der Waals surface area contributed by atoms with Crippen LogP contribution in [0.15, 0.2) is 42.5 Å². The summed E-state index contributed by atoms with van der Waals surface area (Å²) in [6, 6.07) is 13.2. The van der Waals surface area contributed by atoms with Gasteiger partial charge in [0.15, 0.2) is 0 Å². The minimum Gasteiger partial charge on any atom is -0.399 e. The summed E-state index contributed by atoms with van der Waals surface area (Å²) < 4.78 is 0. The standard InChI is InChI=1S/C12H14N4/c13-10-6-4-9(5-7-10)8-15-12-3-1-2-11(14)16-12/h1-7H,8,13H2,(H3,14,15,16). The fourth-order valence-electron chi connectivity index (χ4n) is 1.38. The molecule has 0 radical (unpaired) electrons. The molecule has 4 nitrogen and oxygen atoms in total. The maximum atomic E-state index is 5.60. The topological polar surface area (TPSA) is 77.0 Å². The molecule has 1 aromatic carbocycles. The van der Waals surface area contributed by atoms with Crippen LogP contribution in [-0.4, -0.2) is 4.98 Å². The van der Waals surface area contributed by atoms with Gasteiger partial charge < -0.3 is 16.8 Å². The van der Waals surface area contributed by atoms with Crippen molar-refractivity contribution in [2.24, 2.45) is 0 Å². The zero-order valence-electron chi connectivity index (χ0n) is 8.85. The number of nitrogens with zero attached hydrogens (tertiary/aromatic N) is 1. The Morgan fingerprint density at radius 3 is 2.44 bits per heavy atom. The lowest BCUT2D eigenvalue weighted by atomic mass is 10.2. The highest BCUT2D eigenvalue weighted by atomic mass is 15.0. The summed E-state index contributed by atoms with van der Waals surface area (Å²) >= 11 is 0. The molecule has 2 rings (SSSR count). The van der Waals surface area contributed by atoms with E-state index in [2.05, 4.69) is 10.3 Å². The molecule has 0 fully saturated rings. The lowest BCUT2D eigenvalue weighted by Crippen LogP contribution is -2.02. The van der Waals surface area contributed by atoms with E-state index in [4.69, 9.17) is 11.5 Å². The highest BCUT2D eigenvalue weighted by molar-refractivity contribution is 5.44. The Morgan fingerprint density at radius 1 is 1.00 bits per heavy atom. The van der Waals surface area contributed by atoms with Crippen LogP contribution >= 0.6 is 0 Å². The molecule has 1 aromatic heterocycles. The lowest BCUT2D eigenvalue weighted by Gasteiger charge is -2.06. The van der Waals surface area contributed by atoms with E-state index >= 15 is 0 Å². The number of nitrogen functional groups attached to an aromatic ring is 2. The summed E-state index contributed by atoms with van der Waals surface area (Å²) in [5.74, 6) is 1.29. The first kappa shape index (κ1) is 10.3. The molecule has 0 unspecified atom stereocenters. The van der Waals surface area contributed by atoms with Crippen molar-refractivity contribution in [3.8, 4) is 0 Å². The van der Waals surface area contributed by atoms with Crippen LogP contribution in [0.2, 0.25) is 0 Å². The molecule has 5 N–H and O–H groups in total. The van der Waals surface area contributed by atoms with Crippen LogP contribution in [0.4, 0.5) is 17.3 Å². The van der Waals surface area contributed by atoms with Crippen LogP contribution in [0.25, 0.3) is 0 Å². The van der Waals surface area contributed by atoms with Gasteiger partial charge in [0.2, 0.25) is 0 Å². The molecule has 0 spiro atoms. The molecule has 1 heterocycles. The van der Waals surface area contributed by atoms with Crippen LogP contribution in [0, 0.1) is 0 Å². The van der Waals surface area contributed by atoms with E-state index in [9.17, 15) is 0 Å². The summed E-state index contributed by atoms with van der Waals surface area (Å²) in [6.07, 6.45) is 0. The van der Waals surface area contributed by atoms with Gasteiger partial charge >= 0.3 is 0 Å². The van der Waals surface area contributed by atoms with Crippen LogP contribution < -0.4 is 16.8 Å². The van der Waals surface area contributed by atoms with Crippen LogP contribution in [0.5, 0.6) is 0 Å². The monoisotopic (exact) mass is 214 g/mol. The molecule has 82 valence electrons. The van der Waals surface area contributed by atoms with Gasteiger partial charge in [0.05, 0.1) is 0 Å². The number of pyridine rings is 1. The van der Waals surface area contributed by atoms with Gasteiger partial charge in [-0.2, -0.15) is 0 Å². The summed E-state index contributed by atoms with van der Waals surface area (Å²) in [5, 5.41) is 3.19. The summed E-state index contributed by atoms with van der Waals surface area (Å²) in [6.45, 7) is 0.705. The molecule has 2 aromatic rings. The van der Waals surface area contributed by atoms with Gasteiger partial charge in [-0.15, -0.1) is 0 Å². The Bertz CT molecular complexity index is 465. The van der Waals surface area contributed by atoms with Gasteiger partial charge in [0.25, 0.3) is 0 Å². The Balaban J connectivity index is 1.99. The molecule has 0 aliphatic heterocycles. The Morgan fingerprint density at radius 2 is 1.75 bits per heavy atom. The number of hydrogen-bond donors (Lipinski definition) is 3. The average Bonchev–Trinajstić information content (AvgIpc) is 2.28. The van der Waals surface area contributed by atoms with Crippen molar-refractivity contribution in [3.05, 3.63) is 48.0 Å². The zero-order valence-corrected chi connectivity index (χ0v) is 8.85. The Hall–Kier alpha value is -2.23. The number of nitrogens with one attached hydrogen (secondary N) is 1. The first-order chi connectivity index (χ1) is 7.74. The zero-order chi connectivity index (χ0) is 11.4. The predicted molar refractivity (Wildman–Crippen MR) is 66.8 cm³/mol. The van der Waals surface area contributed by atoms with Crippen molar-refractivity contribution >= 4 is 17.3 Å². The third kappa shape index (κ3) is 2.63. The van der Waals surface area contributed by atoms with Crippen molar-refractivity contribution in [3.63, 3.8) is 0 Å². The van der Waals surface area contributed by atoms with Crippen LogP contribution in [0.3, 0.4) is 0 Å². The number of benzene rings is 1. The first-order valence-electron chi connectivity index (χ1n) is 5.05. The third-order valence-electron chi connectivity index (χ3n) is 2.22. The van der Waals surface area contributed by atoms with E-state index in [1.54, 1.807) is 6.07 Å². The number of anilines is 3. The minimum atomic E-state index is 0.516. The number of hydrogen-bond acceptors (Lipinski definition) is 4. The van der Waals surface area contributed by atoms with E-state index in [-0.39, 0.29) is 0 Å².